The van der Waals surface area contributed by atoms with E-state index < -0.39 is 0 Å². The zero-order chi connectivity index (χ0) is 14.6. The van der Waals surface area contributed by atoms with E-state index in [-0.39, 0.29) is 0 Å². The Labute approximate surface area is 126 Å². The van der Waals surface area contributed by atoms with Gasteiger partial charge in [-0.2, -0.15) is 0 Å². The fourth-order valence-corrected chi connectivity index (χ4v) is 3.98. The second-order valence-corrected chi connectivity index (χ2v) is 8.01. The van der Waals surface area contributed by atoms with Crippen LogP contribution in [0.1, 0.15) is 84.5 Å². The SMILES string of the molecule is C=C(CCCC)N(C)CCC1(C)CCC2(CCC2)CC1. The third-order valence-corrected chi connectivity index (χ3v) is 6.34. The Morgan fingerprint density at radius 2 is 1.75 bits per heavy atom. The van der Waals surface area contributed by atoms with Crippen molar-refractivity contribution in [3.8, 4) is 0 Å². The molecule has 2 rings (SSSR count). The van der Waals surface area contributed by atoms with E-state index in [0.717, 1.165) is 5.41 Å². The lowest BCUT2D eigenvalue weighted by molar-refractivity contribution is 0.0160. The second-order valence-electron chi connectivity index (χ2n) is 8.01. The van der Waals surface area contributed by atoms with Crippen molar-refractivity contribution in [1.29, 1.82) is 0 Å². The van der Waals surface area contributed by atoms with Crippen LogP contribution in [0, 0.1) is 10.8 Å². The van der Waals surface area contributed by atoms with Gasteiger partial charge in [-0.15, -0.1) is 0 Å². The molecule has 2 aliphatic rings. The molecule has 1 heteroatoms. The van der Waals surface area contributed by atoms with Crippen LogP contribution >= 0.6 is 0 Å². The Bertz CT molecular complexity index is 317. The van der Waals surface area contributed by atoms with Crippen molar-refractivity contribution in [3.05, 3.63) is 12.3 Å². The van der Waals surface area contributed by atoms with Gasteiger partial charge in [0.15, 0.2) is 0 Å². The lowest BCUT2D eigenvalue weighted by Gasteiger charge is -2.50. The molecule has 0 unspecified atom stereocenters. The number of allylic oxidation sites excluding steroid dienone is 1. The van der Waals surface area contributed by atoms with Gasteiger partial charge >= 0.3 is 0 Å². The Hall–Kier alpha value is -0.460. The van der Waals surface area contributed by atoms with E-state index in [1.807, 2.05) is 0 Å². The van der Waals surface area contributed by atoms with Gasteiger partial charge in [0.25, 0.3) is 0 Å². The van der Waals surface area contributed by atoms with Gasteiger partial charge in [-0.1, -0.05) is 33.3 Å². The zero-order valence-electron chi connectivity index (χ0n) is 14.1. The van der Waals surface area contributed by atoms with Gasteiger partial charge in [0.05, 0.1) is 0 Å². The molecule has 0 saturated heterocycles. The van der Waals surface area contributed by atoms with Crippen molar-refractivity contribution in [2.24, 2.45) is 10.8 Å². The van der Waals surface area contributed by atoms with E-state index in [2.05, 4.69) is 32.4 Å². The largest absolute Gasteiger partial charge is 0.378 e. The van der Waals surface area contributed by atoms with Crippen LogP contribution in [-0.4, -0.2) is 18.5 Å². The van der Waals surface area contributed by atoms with Gasteiger partial charge < -0.3 is 4.90 Å². The fraction of sp³-hybridized carbons (Fsp3) is 0.895. The molecule has 0 aliphatic heterocycles. The average Bonchev–Trinajstić information content (AvgIpc) is 2.41. The molecule has 1 spiro atoms. The number of hydrogen-bond donors (Lipinski definition) is 0. The van der Waals surface area contributed by atoms with E-state index >= 15 is 0 Å². The van der Waals surface area contributed by atoms with Crippen LogP contribution in [0.15, 0.2) is 12.3 Å². The van der Waals surface area contributed by atoms with E-state index in [1.54, 1.807) is 0 Å². The lowest BCUT2D eigenvalue weighted by atomic mass is 9.55. The van der Waals surface area contributed by atoms with Crippen molar-refractivity contribution >= 4 is 0 Å². The third-order valence-electron chi connectivity index (χ3n) is 6.34. The van der Waals surface area contributed by atoms with Crippen molar-refractivity contribution in [2.45, 2.75) is 84.5 Å². The lowest BCUT2D eigenvalue weighted by Crippen LogP contribution is -2.38. The van der Waals surface area contributed by atoms with Crippen LogP contribution < -0.4 is 0 Å². The first-order valence-electron chi connectivity index (χ1n) is 8.88. The van der Waals surface area contributed by atoms with Gasteiger partial charge in [0, 0.05) is 19.3 Å². The van der Waals surface area contributed by atoms with Gasteiger partial charge in [0.2, 0.25) is 0 Å². The smallest absolute Gasteiger partial charge is 0.0176 e. The molecule has 0 N–H and O–H groups in total. The molecule has 1 nitrogen and oxygen atoms in total. The molecule has 0 amide bonds. The molecule has 20 heavy (non-hydrogen) atoms. The van der Waals surface area contributed by atoms with Gasteiger partial charge in [0.1, 0.15) is 0 Å². The normalized spacial score (nSPS) is 23.4. The third kappa shape index (κ3) is 3.80. The maximum Gasteiger partial charge on any atom is 0.0176 e. The maximum absolute atomic E-state index is 4.25. The molecule has 2 aliphatic carbocycles. The summed E-state index contributed by atoms with van der Waals surface area (Å²) in [7, 11) is 2.23. The van der Waals surface area contributed by atoms with Crippen LogP contribution in [0.3, 0.4) is 0 Å². The monoisotopic (exact) mass is 277 g/mol. The van der Waals surface area contributed by atoms with Crippen LogP contribution in [0.25, 0.3) is 0 Å². The maximum atomic E-state index is 4.25. The standard InChI is InChI=1S/C19H35N/c1-5-6-8-17(2)20(4)16-15-18(3)11-13-19(14-12-18)9-7-10-19/h2,5-16H2,1,3-4H3. The van der Waals surface area contributed by atoms with Crippen molar-refractivity contribution < 1.29 is 0 Å². The van der Waals surface area contributed by atoms with E-state index in [4.69, 9.17) is 0 Å². The van der Waals surface area contributed by atoms with Crippen LogP contribution in [0.2, 0.25) is 0 Å². The minimum Gasteiger partial charge on any atom is -0.378 e. The van der Waals surface area contributed by atoms with Gasteiger partial charge in [-0.05, 0) is 68.6 Å². The van der Waals surface area contributed by atoms with Crippen molar-refractivity contribution in [1.82, 2.24) is 4.90 Å². The highest BCUT2D eigenvalue weighted by molar-refractivity contribution is 4.97. The highest BCUT2D eigenvalue weighted by Crippen LogP contribution is 2.56. The summed E-state index contributed by atoms with van der Waals surface area (Å²) < 4.78 is 0. The van der Waals surface area contributed by atoms with E-state index in [9.17, 15) is 0 Å². The summed E-state index contributed by atoms with van der Waals surface area (Å²) >= 11 is 0. The van der Waals surface area contributed by atoms with Crippen LogP contribution in [0.4, 0.5) is 0 Å². The van der Waals surface area contributed by atoms with E-state index in [0.29, 0.717) is 5.41 Å². The highest BCUT2D eigenvalue weighted by atomic mass is 15.1. The molecule has 0 atom stereocenters. The predicted molar refractivity (Wildman–Crippen MR) is 88.8 cm³/mol. The Morgan fingerprint density at radius 3 is 2.25 bits per heavy atom. The topological polar surface area (TPSA) is 3.24 Å². The summed E-state index contributed by atoms with van der Waals surface area (Å²) in [6.45, 7) is 10.2. The zero-order valence-corrected chi connectivity index (χ0v) is 14.1. The summed E-state index contributed by atoms with van der Waals surface area (Å²) in [5.74, 6) is 0. The summed E-state index contributed by atoms with van der Waals surface area (Å²) in [6, 6.07) is 0. The highest BCUT2D eigenvalue weighted by Gasteiger charge is 2.43. The first-order chi connectivity index (χ1) is 9.49. The molecule has 0 aromatic rings. The Kier molecular flexibility index (Phi) is 5.20. The Balaban J connectivity index is 1.71. The van der Waals surface area contributed by atoms with Gasteiger partial charge in [-0.3, -0.25) is 0 Å². The molecule has 0 aromatic carbocycles. The van der Waals surface area contributed by atoms with Crippen molar-refractivity contribution in [3.63, 3.8) is 0 Å². The summed E-state index contributed by atoms with van der Waals surface area (Å²) in [5.41, 5.74) is 2.73. The fourth-order valence-electron chi connectivity index (χ4n) is 3.98. The van der Waals surface area contributed by atoms with E-state index in [1.165, 1.54) is 82.9 Å². The minimum absolute atomic E-state index is 0.597. The summed E-state index contributed by atoms with van der Waals surface area (Å²) in [6.07, 6.45) is 15.6. The quantitative estimate of drug-likeness (QED) is 0.571. The first kappa shape index (κ1) is 15.9. The average molecular weight is 277 g/mol. The summed E-state index contributed by atoms with van der Waals surface area (Å²) in [5, 5.41) is 0. The number of nitrogens with zero attached hydrogens (tertiary/aromatic N) is 1. The number of hydrogen-bond acceptors (Lipinski definition) is 1. The molecular weight excluding hydrogens is 242 g/mol. The molecular formula is C19H35N. The molecule has 0 aromatic heterocycles. The second kappa shape index (κ2) is 6.54. The minimum atomic E-state index is 0.597. The predicted octanol–water partition coefficient (Wildman–Crippen LogP) is 5.76. The first-order valence-corrected chi connectivity index (χ1v) is 8.88. The van der Waals surface area contributed by atoms with Crippen molar-refractivity contribution in [2.75, 3.05) is 13.6 Å². The molecule has 0 radical (unpaired) electrons. The number of unbranched alkanes of at least 4 members (excludes halogenated alkanes) is 1. The molecule has 116 valence electrons. The molecule has 0 bridgehead atoms. The molecule has 0 heterocycles. The van der Waals surface area contributed by atoms with Gasteiger partial charge in [-0.25, -0.2) is 0 Å². The Morgan fingerprint density at radius 1 is 1.10 bits per heavy atom. The summed E-state index contributed by atoms with van der Waals surface area (Å²) in [4.78, 5) is 2.41. The number of rotatable bonds is 7. The van der Waals surface area contributed by atoms with Crippen LogP contribution in [0.5, 0.6) is 0 Å². The molecule has 2 saturated carbocycles. The van der Waals surface area contributed by atoms with Crippen LogP contribution in [-0.2, 0) is 0 Å². The molecule has 2 fully saturated rings.